The molecule has 2 aromatic rings. The first-order chi connectivity index (χ1) is 8.60. The number of aromatic nitrogens is 1. The summed E-state index contributed by atoms with van der Waals surface area (Å²) < 4.78 is 30.5. The Labute approximate surface area is 102 Å². The third kappa shape index (κ3) is 2.56. The van der Waals surface area contributed by atoms with Crippen molar-refractivity contribution in [3.63, 3.8) is 0 Å². The van der Waals surface area contributed by atoms with E-state index in [1.807, 2.05) is 6.92 Å². The molecule has 0 spiro atoms. The molecule has 0 saturated heterocycles. The van der Waals surface area contributed by atoms with Gasteiger partial charge < -0.3 is 9.72 Å². The van der Waals surface area contributed by atoms with Crippen LogP contribution in [-0.4, -0.2) is 11.0 Å². The van der Waals surface area contributed by atoms with Crippen molar-refractivity contribution >= 4 is 5.97 Å². The summed E-state index contributed by atoms with van der Waals surface area (Å²) in [7, 11) is 0. The Morgan fingerprint density at radius 1 is 1.28 bits per heavy atom. The molecule has 0 amide bonds. The molecule has 1 aromatic heterocycles. The standard InChI is InChI=1S/C13H11F2NO2/c1-2-9-5-8(7-16-9)13(17)18-10-3-4-11(14)12(15)6-10/h3-7,16H,2H2,1H3. The van der Waals surface area contributed by atoms with Gasteiger partial charge in [-0.25, -0.2) is 13.6 Å². The van der Waals surface area contributed by atoms with Gasteiger partial charge in [0.25, 0.3) is 0 Å². The SMILES string of the molecule is CCc1cc(C(=O)Oc2ccc(F)c(F)c2)c[nH]1. The summed E-state index contributed by atoms with van der Waals surface area (Å²) in [5.41, 5.74) is 1.24. The maximum absolute atomic E-state index is 12.9. The number of rotatable bonds is 3. The molecule has 5 heteroatoms. The highest BCUT2D eigenvalue weighted by atomic mass is 19.2. The molecule has 1 N–H and O–H groups in total. The number of hydrogen-bond acceptors (Lipinski definition) is 2. The first-order valence-electron chi connectivity index (χ1n) is 5.44. The number of ether oxygens (including phenoxy) is 1. The smallest absolute Gasteiger partial charge is 0.345 e. The summed E-state index contributed by atoms with van der Waals surface area (Å²) in [5, 5.41) is 0. The topological polar surface area (TPSA) is 42.1 Å². The number of benzene rings is 1. The minimum absolute atomic E-state index is 0.0295. The van der Waals surface area contributed by atoms with Crippen molar-refractivity contribution in [3.8, 4) is 5.75 Å². The zero-order chi connectivity index (χ0) is 13.1. The van der Waals surface area contributed by atoms with Gasteiger partial charge in [-0.15, -0.1) is 0 Å². The summed E-state index contributed by atoms with van der Waals surface area (Å²) in [6.07, 6.45) is 2.28. The maximum atomic E-state index is 12.9. The van der Waals surface area contributed by atoms with E-state index in [1.165, 1.54) is 12.3 Å². The molecule has 3 nitrogen and oxygen atoms in total. The van der Waals surface area contributed by atoms with Crippen molar-refractivity contribution in [2.75, 3.05) is 0 Å². The molecular formula is C13H11F2NO2. The molecule has 1 heterocycles. The third-order valence-electron chi connectivity index (χ3n) is 2.46. The van der Waals surface area contributed by atoms with Crippen LogP contribution in [0.1, 0.15) is 23.0 Å². The van der Waals surface area contributed by atoms with Gasteiger partial charge in [-0.1, -0.05) is 6.92 Å². The first-order valence-corrected chi connectivity index (χ1v) is 5.44. The number of aryl methyl sites for hydroxylation is 1. The van der Waals surface area contributed by atoms with Crippen molar-refractivity contribution in [1.82, 2.24) is 4.98 Å². The number of aromatic amines is 1. The molecule has 0 saturated carbocycles. The van der Waals surface area contributed by atoms with Crippen LogP contribution in [0.2, 0.25) is 0 Å². The lowest BCUT2D eigenvalue weighted by atomic mass is 10.3. The Kier molecular flexibility index (Phi) is 3.41. The number of carbonyl (C=O) groups excluding carboxylic acids is 1. The van der Waals surface area contributed by atoms with Crippen molar-refractivity contribution in [2.24, 2.45) is 0 Å². The Balaban J connectivity index is 2.13. The molecular weight excluding hydrogens is 240 g/mol. The summed E-state index contributed by atoms with van der Waals surface area (Å²) in [5.74, 6) is -2.68. The molecule has 18 heavy (non-hydrogen) atoms. The molecule has 0 fully saturated rings. The fourth-order valence-corrected chi connectivity index (χ4v) is 1.47. The van der Waals surface area contributed by atoms with E-state index in [-0.39, 0.29) is 5.75 Å². The van der Waals surface area contributed by atoms with Crippen LogP contribution < -0.4 is 4.74 Å². The third-order valence-corrected chi connectivity index (χ3v) is 2.46. The van der Waals surface area contributed by atoms with E-state index in [0.29, 0.717) is 5.56 Å². The highest BCUT2D eigenvalue weighted by Gasteiger charge is 2.12. The van der Waals surface area contributed by atoms with Gasteiger partial charge in [-0.05, 0) is 24.6 Å². The number of H-pyrrole nitrogens is 1. The molecule has 0 bridgehead atoms. The van der Waals surface area contributed by atoms with E-state index < -0.39 is 17.6 Å². The van der Waals surface area contributed by atoms with Crippen LogP contribution in [0.5, 0.6) is 5.75 Å². The fourth-order valence-electron chi connectivity index (χ4n) is 1.47. The molecule has 0 aliphatic heterocycles. The highest BCUT2D eigenvalue weighted by molar-refractivity contribution is 5.91. The summed E-state index contributed by atoms with van der Waals surface area (Å²) in [4.78, 5) is 14.6. The van der Waals surface area contributed by atoms with E-state index in [9.17, 15) is 13.6 Å². The molecule has 0 aliphatic carbocycles. The average Bonchev–Trinajstić information content (AvgIpc) is 2.82. The van der Waals surface area contributed by atoms with Gasteiger partial charge in [-0.2, -0.15) is 0 Å². The van der Waals surface area contributed by atoms with Crippen LogP contribution in [0.25, 0.3) is 0 Å². The van der Waals surface area contributed by atoms with Crippen LogP contribution in [0, 0.1) is 11.6 Å². The predicted molar refractivity (Wildman–Crippen MR) is 61.5 cm³/mol. The van der Waals surface area contributed by atoms with Gasteiger partial charge in [-0.3, -0.25) is 0 Å². The largest absolute Gasteiger partial charge is 0.423 e. The normalized spacial score (nSPS) is 10.4. The molecule has 0 aliphatic rings. The first kappa shape index (κ1) is 12.3. The van der Waals surface area contributed by atoms with Gasteiger partial charge in [0, 0.05) is 18.0 Å². The maximum Gasteiger partial charge on any atom is 0.345 e. The monoisotopic (exact) mass is 251 g/mol. The number of esters is 1. The lowest BCUT2D eigenvalue weighted by Gasteiger charge is -2.02. The molecule has 0 atom stereocenters. The minimum atomic E-state index is -1.05. The summed E-state index contributed by atoms with van der Waals surface area (Å²) in [6.45, 7) is 1.94. The van der Waals surface area contributed by atoms with Crippen LogP contribution in [0.4, 0.5) is 8.78 Å². The van der Waals surface area contributed by atoms with Crippen molar-refractivity contribution in [2.45, 2.75) is 13.3 Å². The van der Waals surface area contributed by atoms with Crippen LogP contribution in [0.15, 0.2) is 30.5 Å². The van der Waals surface area contributed by atoms with E-state index in [0.717, 1.165) is 24.2 Å². The number of carbonyl (C=O) groups is 1. The van der Waals surface area contributed by atoms with Crippen molar-refractivity contribution in [1.29, 1.82) is 0 Å². The molecule has 0 radical (unpaired) electrons. The number of nitrogens with one attached hydrogen (secondary N) is 1. The number of hydrogen-bond donors (Lipinski definition) is 1. The van der Waals surface area contributed by atoms with Gasteiger partial charge in [0.15, 0.2) is 11.6 Å². The number of halogens is 2. The fraction of sp³-hybridized carbons (Fsp3) is 0.154. The van der Waals surface area contributed by atoms with Gasteiger partial charge in [0.05, 0.1) is 5.56 Å². The van der Waals surface area contributed by atoms with E-state index in [1.54, 1.807) is 6.07 Å². The van der Waals surface area contributed by atoms with Gasteiger partial charge in [0.1, 0.15) is 5.75 Å². The molecule has 94 valence electrons. The molecule has 0 unspecified atom stereocenters. The second kappa shape index (κ2) is 5.00. The van der Waals surface area contributed by atoms with Crippen LogP contribution in [-0.2, 0) is 6.42 Å². The Hall–Kier alpha value is -2.17. The van der Waals surface area contributed by atoms with E-state index in [2.05, 4.69) is 4.98 Å². The second-order valence-electron chi connectivity index (χ2n) is 3.73. The van der Waals surface area contributed by atoms with Crippen molar-refractivity contribution in [3.05, 3.63) is 53.4 Å². The summed E-state index contributed by atoms with van der Waals surface area (Å²) in [6, 6.07) is 4.60. The van der Waals surface area contributed by atoms with E-state index in [4.69, 9.17) is 4.74 Å². The zero-order valence-electron chi connectivity index (χ0n) is 9.67. The van der Waals surface area contributed by atoms with Crippen LogP contribution in [0.3, 0.4) is 0 Å². The highest BCUT2D eigenvalue weighted by Crippen LogP contribution is 2.17. The lowest BCUT2D eigenvalue weighted by molar-refractivity contribution is 0.0734. The Bertz CT molecular complexity index is 578. The molecule has 1 aromatic carbocycles. The average molecular weight is 251 g/mol. The van der Waals surface area contributed by atoms with Crippen molar-refractivity contribution < 1.29 is 18.3 Å². The lowest BCUT2D eigenvalue weighted by Crippen LogP contribution is -2.07. The Morgan fingerprint density at radius 3 is 2.67 bits per heavy atom. The van der Waals surface area contributed by atoms with E-state index >= 15 is 0 Å². The zero-order valence-corrected chi connectivity index (χ0v) is 9.67. The molecule has 2 rings (SSSR count). The Morgan fingerprint density at radius 2 is 2.06 bits per heavy atom. The van der Waals surface area contributed by atoms with Crippen LogP contribution >= 0.6 is 0 Å². The quantitative estimate of drug-likeness (QED) is 0.672. The van der Waals surface area contributed by atoms with Gasteiger partial charge in [0.2, 0.25) is 0 Å². The minimum Gasteiger partial charge on any atom is -0.423 e. The van der Waals surface area contributed by atoms with Gasteiger partial charge >= 0.3 is 5.97 Å². The summed E-state index contributed by atoms with van der Waals surface area (Å²) >= 11 is 0. The second-order valence-corrected chi connectivity index (χ2v) is 3.73. The predicted octanol–water partition coefficient (Wildman–Crippen LogP) is 3.07.